The lowest BCUT2D eigenvalue weighted by Gasteiger charge is -2.29. The third-order valence-electron chi connectivity index (χ3n) is 5.60. The number of likely N-dealkylation sites (tertiary alicyclic amines) is 1. The summed E-state index contributed by atoms with van der Waals surface area (Å²) in [4.78, 5) is 30.3. The molecule has 2 aliphatic rings. The lowest BCUT2D eigenvalue weighted by Crippen LogP contribution is -2.37. The van der Waals surface area contributed by atoms with E-state index in [1.807, 2.05) is 36.1 Å². The van der Waals surface area contributed by atoms with Crippen LogP contribution in [0.2, 0.25) is 0 Å². The van der Waals surface area contributed by atoms with Crippen molar-refractivity contribution in [3.8, 4) is 11.8 Å². The molecule has 0 aromatic heterocycles. The van der Waals surface area contributed by atoms with Crippen LogP contribution in [0.5, 0.6) is 5.75 Å². The van der Waals surface area contributed by atoms with Crippen LogP contribution >= 0.6 is 0 Å². The zero-order chi connectivity index (χ0) is 21.8. The quantitative estimate of drug-likeness (QED) is 0.664. The summed E-state index contributed by atoms with van der Waals surface area (Å²) < 4.78 is 5.66. The third-order valence-corrected chi connectivity index (χ3v) is 5.60. The van der Waals surface area contributed by atoms with E-state index in [-0.39, 0.29) is 11.8 Å². The van der Waals surface area contributed by atoms with Gasteiger partial charge in [0.1, 0.15) is 11.4 Å². The molecule has 1 fully saturated rings. The van der Waals surface area contributed by atoms with Crippen LogP contribution in [0.25, 0.3) is 5.57 Å². The molecule has 0 unspecified atom stereocenters. The molecule has 0 spiro atoms. The molecule has 2 amide bonds. The van der Waals surface area contributed by atoms with Crippen molar-refractivity contribution in [1.29, 1.82) is 5.26 Å². The van der Waals surface area contributed by atoms with E-state index < -0.39 is 0 Å². The van der Waals surface area contributed by atoms with Crippen LogP contribution in [0, 0.1) is 11.3 Å². The summed E-state index contributed by atoms with van der Waals surface area (Å²) >= 11 is 0. The van der Waals surface area contributed by atoms with Crippen LogP contribution in [0.15, 0.2) is 54.2 Å². The fourth-order valence-electron chi connectivity index (χ4n) is 4.05. The molecule has 2 aliphatic heterocycles. The van der Waals surface area contributed by atoms with Gasteiger partial charge in [0.15, 0.2) is 0 Å². The summed E-state index contributed by atoms with van der Waals surface area (Å²) in [5, 5.41) is 9.05. The summed E-state index contributed by atoms with van der Waals surface area (Å²) in [6.07, 6.45) is 4.04. The van der Waals surface area contributed by atoms with Gasteiger partial charge >= 0.3 is 0 Å². The number of ether oxygens (including phenoxy) is 1. The number of piperidine rings is 1. The summed E-state index contributed by atoms with van der Waals surface area (Å²) in [6, 6.07) is 16.0. The van der Waals surface area contributed by atoms with Gasteiger partial charge < -0.3 is 9.64 Å². The van der Waals surface area contributed by atoms with Gasteiger partial charge in [0.25, 0.3) is 11.8 Å². The number of carbonyl (C=O) groups is 2. The predicted octanol–water partition coefficient (Wildman–Crippen LogP) is 4.12. The largest absolute Gasteiger partial charge is 0.494 e. The molecular weight excluding hydrogens is 390 g/mol. The topological polar surface area (TPSA) is 73.6 Å². The molecule has 2 heterocycles. The van der Waals surface area contributed by atoms with E-state index in [0.29, 0.717) is 34.7 Å². The van der Waals surface area contributed by atoms with Gasteiger partial charge in [-0.05, 0) is 67.6 Å². The zero-order valence-corrected chi connectivity index (χ0v) is 17.6. The van der Waals surface area contributed by atoms with Gasteiger partial charge in [-0.25, -0.2) is 4.90 Å². The van der Waals surface area contributed by atoms with Crippen molar-refractivity contribution in [1.82, 2.24) is 4.90 Å². The molecule has 31 heavy (non-hydrogen) atoms. The Morgan fingerprint density at radius 3 is 2.23 bits per heavy atom. The molecule has 0 atom stereocenters. The molecule has 0 aliphatic carbocycles. The van der Waals surface area contributed by atoms with E-state index in [4.69, 9.17) is 10.00 Å². The van der Waals surface area contributed by atoms with E-state index in [9.17, 15) is 9.59 Å². The normalized spacial score (nSPS) is 16.6. The number of hydrogen-bond acceptors (Lipinski definition) is 5. The number of rotatable bonds is 6. The number of carbonyl (C=O) groups excluding carboxylic acids is 2. The van der Waals surface area contributed by atoms with E-state index in [0.717, 1.165) is 44.5 Å². The van der Waals surface area contributed by atoms with Gasteiger partial charge in [-0.15, -0.1) is 0 Å². The Morgan fingerprint density at radius 2 is 1.61 bits per heavy atom. The minimum absolute atomic E-state index is 0.307. The van der Waals surface area contributed by atoms with Gasteiger partial charge in [0.05, 0.1) is 29.5 Å². The van der Waals surface area contributed by atoms with Gasteiger partial charge in [0.2, 0.25) is 0 Å². The molecule has 0 saturated carbocycles. The fraction of sp³-hybridized carbons (Fsp3) is 0.320. The van der Waals surface area contributed by atoms with Crippen molar-refractivity contribution >= 4 is 23.1 Å². The lowest BCUT2D eigenvalue weighted by atomic mass is 10.0. The minimum atomic E-state index is -0.336. The molecule has 6 nitrogen and oxygen atoms in total. The van der Waals surface area contributed by atoms with Crippen LogP contribution in [0.4, 0.5) is 5.69 Å². The summed E-state index contributed by atoms with van der Waals surface area (Å²) in [7, 11) is 0. The number of nitriles is 1. The fourth-order valence-corrected chi connectivity index (χ4v) is 4.05. The SMILES string of the molecule is CCCOc1ccc(C2=C(N3CCCCC3)C(=O)N(c3ccc(C#N)cc3)C2=O)cc1. The Labute approximate surface area is 182 Å². The van der Waals surface area contributed by atoms with Crippen molar-refractivity contribution in [2.45, 2.75) is 32.6 Å². The summed E-state index contributed by atoms with van der Waals surface area (Å²) in [6.45, 7) is 4.20. The second-order valence-electron chi connectivity index (χ2n) is 7.75. The number of amides is 2. The molecule has 4 rings (SSSR count). The van der Waals surface area contributed by atoms with Crippen LogP contribution in [-0.2, 0) is 9.59 Å². The average Bonchev–Trinajstić information content (AvgIpc) is 3.08. The van der Waals surface area contributed by atoms with Crippen molar-refractivity contribution < 1.29 is 14.3 Å². The highest BCUT2D eigenvalue weighted by molar-refractivity contribution is 6.45. The van der Waals surface area contributed by atoms with Crippen molar-refractivity contribution in [2.24, 2.45) is 0 Å². The smallest absolute Gasteiger partial charge is 0.282 e. The maximum atomic E-state index is 13.5. The molecule has 1 saturated heterocycles. The molecule has 2 aromatic rings. The summed E-state index contributed by atoms with van der Waals surface area (Å²) in [5.74, 6) is 0.0990. The number of imide groups is 1. The first-order chi connectivity index (χ1) is 15.1. The van der Waals surface area contributed by atoms with Gasteiger partial charge in [-0.3, -0.25) is 9.59 Å². The first-order valence-electron chi connectivity index (χ1n) is 10.8. The Kier molecular flexibility index (Phi) is 6.03. The minimum Gasteiger partial charge on any atom is -0.494 e. The number of benzene rings is 2. The van der Waals surface area contributed by atoms with E-state index in [1.54, 1.807) is 24.3 Å². The third kappa shape index (κ3) is 4.04. The molecule has 0 radical (unpaired) electrons. The Bertz CT molecular complexity index is 1040. The Hall–Kier alpha value is -3.59. The molecule has 158 valence electrons. The Morgan fingerprint density at radius 1 is 0.935 bits per heavy atom. The first-order valence-corrected chi connectivity index (χ1v) is 10.8. The molecule has 6 heteroatoms. The van der Waals surface area contributed by atoms with Crippen LogP contribution < -0.4 is 9.64 Å². The molecule has 0 N–H and O–H groups in total. The molecular formula is C25H25N3O3. The van der Waals surface area contributed by atoms with Crippen LogP contribution in [-0.4, -0.2) is 36.4 Å². The van der Waals surface area contributed by atoms with Crippen LogP contribution in [0.3, 0.4) is 0 Å². The standard InChI is InChI=1S/C25H25N3O3/c1-2-16-31-21-12-8-19(9-13-21)22-23(27-14-4-3-5-15-27)25(30)28(24(22)29)20-10-6-18(17-26)7-11-20/h6-13H,2-5,14-16H2,1H3. The second-order valence-corrected chi connectivity index (χ2v) is 7.75. The maximum absolute atomic E-state index is 13.5. The van der Waals surface area contributed by atoms with Crippen molar-refractivity contribution in [3.63, 3.8) is 0 Å². The maximum Gasteiger partial charge on any atom is 0.282 e. The number of nitrogens with zero attached hydrogens (tertiary/aromatic N) is 3. The lowest BCUT2D eigenvalue weighted by molar-refractivity contribution is -0.120. The Balaban J connectivity index is 1.73. The van der Waals surface area contributed by atoms with Crippen LogP contribution in [0.1, 0.15) is 43.7 Å². The highest BCUT2D eigenvalue weighted by atomic mass is 16.5. The van der Waals surface area contributed by atoms with E-state index in [1.165, 1.54) is 4.90 Å². The molecule has 2 aromatic carbocycles. The van der Waals surface area contributed by atoms with Gasteiger partial charge in [0, 0.05) is 13.1 Å². The highest BCUT2D eigenvalue weighted by Crippen LogP contribution is 2.36. The number of hydrogen-bond donors (Lipinski definition) is 0. The predicted molar refractivity (Wildman–Crippen MR) is 118 cm³/mol. The average molecular weight is 415 g/mol. The zero-order valence-electron chi connectivity index (χ0n) is 17.6. The van der Waals surface area contributed by atoms with Gasteiger partial charge in [-0.1, -0.05) is 19.1 Å². The first kappa shape index (κ1) is 20.7. The number of anilines is 1. The van der Waals surface area contributed by atoms with Crippen molar-refractivity contribution in [2.75, 3.05) is 24.6 Å². The van der Waals surface area contributed by atoms with E-state index >= 15 is 0 Å². The highest BCUT2D eigenvalue weighted by Gasteiger charge is 2.42. The monoisotopic (exact) mass is 415 g/mol. The second kappa shape index (κ2) is 9.05. The van der Waals surface area contributed by atoms with Gasteiger partial charge in [-0.2, -0.15) is 5.26 Å². The molecule has 0 bridgehead atoms. The van der Waals surface area contributed by atoms with Crippen molar-refractivity contribution in [3.05, 3.63) is 65.4 Å². The van der Waals surface area contributed by atoms with E-state index in [2.05, 4.69) is 6.07 Å². The summed E-state index contributed by atoms with van der Waals surface area (Å²) in [5.41, 5.74) is 2.56.